The van der Waals surface area contributed by atoms with E-state index in [0.29, 0.717) is 19.5 Å². The van der Waals surface area contributed by atoms with Gasteiger partial charge >= 0.3 is 0 Å². The predicted octanol–water partition coefficient (Wildman–Crippen LogP) is 3.02. The minimum Gasteiger partial charge on any atom is -0.355 e. The van der Waals surface area contributed by atoms with Gasteiger partial charge < -0.3 is 10.2 Å². The van der Waals surface area contributed by atoms with Gasteiger partial charge in [-0.3, -0.25) is 9.59 Å². The maximum Gasteiger partial charge on any atom is 0.227 e. The third kappa shape index (κ3) is 3.85. The Bertz CT molecular complexity index is 695. The number of rotatable bonds is 6. The maximum atomic E-state index is 12.3. The Kier molecular flexibility index (Phi) is 5.30. The van der Waals surface area contributed by atoms with E-state index in [2.05, 4.69) is 18.3 Å². The van der Waals surface area contributed by atoms with E-state index in [-0.39, 0.29) is 17.7 Å². The van der Waals surface area contributed by atoms with E-state index >= 15 is 0 Å². The number of nitrogens with zero attached hydrogens (tertiary/aromatic N) is 1. The second-order valence-corrected chi connectivity index (χ2v) is 7.08. The van der Waals surface area contributed by atoms with Gasteiger partial charge in [-0.15, -0.1) is 11.3 Å². The topological polar surface area (TPSA) is 49.4 Å². The molecule has 1 N–H and O–H groups in total. The molecule has 1 fully saturated rings. The van der Waals surface area contributed by atoms with Crippen LogP contribution in [0.3, 0.4) is 0 Å². The van der Waals surface area contributed by atoms with Crippen LogP contribution < -0.4 is 10.2 Å². The van der Waals surface area contributed by atoms with Gasteiger partial charge in [0.2, 0.25) is 11.8 Å². The van der Waals surface area contributed by atoms with E-state index in [0.717, 1.165) is 18.5 Å². The first-order valence-corrected chi connectivity index (χ1v) is 9.24. The van der Waals surface area contributed by atoms with Gasteiger partial charge in [0.15, 0.2) is 0 Å². The Morgan fingerprint density at radius 3 is 2.75 bits per heavy atom. The van der Waals surface area contributed by atoms with E-state index in [1.54, 1.807) is 16.2 Å². The first kappa shape index (κ1) is 16.7. The molecule has 1 aliphatic rings. The Morgan fingerprint density at radius 2 is 2.08 bits per heavy atom. The van der Waals surface area contributed by atoms with Crippen molar-refractivity contribution in [2.75, 3.05) is 18.0 Å². The molecule has 2 amide bonds. The summed E-state index contributed by atoms with van der Waals surface area (Å²) in [5, 5.41) is 5.00. The van der Waals surface area contributed by atoms with Crippen LogP contribution in [-0.2, 0) is 22.4 Å². The summed E-state index contributed by atoms with van der Waals surface area (Å²) in [5.41, 5.74) is 2.12. The number of anilines is 1. The van der Waals surface area contributed by atoms with Crippen LogP contribution in [0.1, 0.15) is 23.8 Å². The smallest absolute Gasteiger partial charge is 0.227 e. The van der Waals surface area contributed by atoms with Crippen LogP contribution in [0.5, 0.6) is 0 Å². The molecule has 1 saturated heterocycles. The fourth-order valence-corrected chi connectivity index (χ4v) is 3.66. The molecule has 2 aromatic rings. The van der Waals surface area contributed by atoms with Crippen LogP contribution in [0.25, 0.3) is 0 Å². The van der Waals surface area contributed by atoms with E-state index in [1.165, 1.54) is 10.4 Å². The lowest BCUT2D eigenvalue weighted by atomic mass is 10.1. The van der Waals surface area contributed by atoms with Crippen molar-refractivity contribution in [3.05, 3.63) is 52.2 Å². The van der Waals surface area contributed by atoms with Crippen molar-refractivity contribution < 1.29 is 9.59 Å². The van der Waals surface area contributed by atoms with Crippen LogP contribution in [0.15, 0.2) is 41.8 Å². The number of hydrogen-bond acceptors (Lipinski definition) is 3. The molecule has 0 radical (unpaired) electrons. The average molecular weight is 342 g/mol. The number of thiophene rings is 1. The zero-order valence-electron chi connectivity index (χ0n) is 13.8. The number of carbonyl (C=O) groups is 2. The van der Waals surface area contributed by atoms with Gasteiger partial charge in [-0.05, 0) is 42.0 Å². The summed E-state index contributed by atoms with van der Waals surface area (Å²) >= 11 is 1.69. The molecular weight excluding hydrogens is 320 g/mol. The zero-order valence-corrected chi connectivity index (χ0v) is 14.6. The number of carbonyl (C=O) groups excluding carboxylic acids is 2. The highest BCUT2D eigenvalue weighted by molar-refractivity contribution is 7.09. The van der Waals surface area contributed by atoms with Crippen molar-refractivity contribution in [1.29, 1.82) is 0 Å². The molecule has 0 spiro atoms. The van der Waals surface area contributed by atoms with Crippen molar-refractivity contribution in [3.8, 4) is 0 Å². The SMILES string of the molecule is CCc1ccc(N2C[C@@H](C(=O)NCCc3cccs3)CC2=O)cc1. The summed E-state index contributed by atoms with van der Waals surface area (Å²) in [6.45, 7) is 3.19. The van der Waals surface area contributed by atoms with Crippen molar-refractivity contribution in [2.24, 2.45) is 5.92 Å². The van der Waals surface area contributed by atoms with Crippen LogP contribution in [0.4, 0.5) is 5.69 Å². The molecule has 4 nitrogen and oxygen atoms in total. The fraction of sp³-hybridized carbons (Fsp3) is 0.368. The summed E-state index contributed by atoms with van der Waals surface area (Å²) in [7, 11) is 0. The Morgan fingerprint density at radius 1 is 1.29 bits per heavy atom. The summed E-state index contributed by atoms with van der Waals surface area (Å²) in [6, 6.07) is 12.1. The first-order valence-electron chi connectivity index (χ1n) is 8.36. The zero-order chi connectivity index (χ0) is 16.9. The van der Waals surface area contributed by atoms with Gasteiger partial charge in [0, 0.05) is 30.1 Å². The maximum absolute atomic E-state index is 12.3. The Balaban J connectivity index is 1.54. The first-order chi connectivity index (χ1) is 11.7. The van der Waals surface area contributed by atoms with E-state index in [1.807, 2.05) is 35.7 Å². The van der Waals surface area contributed by atoms with E-state index in [9.17, 15) is 9.59 Å². The monoisotopic (exact) mass is 342 g/mol. The Labute approximate surface area is 146 Å². The molecule has 1 aromatic heterocycles. The molecular formula is C19H22N2O2S. The quantitative estimate of drug-likeness (QED) is 0.877. The largest absolute Gasteiger partial charge is 0.355 e. The standard InChI is InChI=1S/C19H22N2O2S/c1-2-14-5-7-16(8-6-14)21-13-15(12-18(21)22)19(23)20-10-9-17-4-3-11-24-17/h3-8,11,15H,2,9-10,12-13H2,1H3,(H,20,23)/t15-/m0/s1. The summed E-state index contributed by atoms with van der Waals surface area (Å²) in [5.74, 6) is -0.253. The van der Waals surface area contributed by atoms with Crippen molar-refractivity contribution in [2.45, 2.75) is 26.2 Å². The minimum absolute atomic E-state index is 0.0208. The summed E-state index contributed by atoms with van der Waals surface area (Å²) < 4.78 is 0. The lowest BCUT2D eigenvalue weighted by Crippen LogP contribution is -2.34. The average Bonchev–Trinajstić information content (AvgIpc) is 3.24. The number of aryl methyl sites for hydroxylation is 1. The van der Waals surface area contributed by atoms with Gasteiger partial charge in [0.1, 0.15) is 0 Å². The van der Waals surface area contributed by atoms with E-state index in [4.69, 9.17) is 0 Å². The van der Waals surface area contributed by atoms with E-state index < -0.39 is 0 Å². The number of benzene rings is 1. The van der Waals surface area contributed by atoms with Gasteiger partial charge in [-0.2, -0.15) is 0 Å². The van der Waals surface area contributed by atoms with Crippen LogP contribution in [0.2, 0.25) is 0 Å². The van der Waals surface area contributed by atoms with Crippen molar-refractivity contribution in [1.82, 2.24) is 5.32 Å². The van der Waals surface area contributed by atoms with Crippen molar-refractivity contribution in [3.63, 3.8) is 0 Å². The van der Waals surface area contributed by atoms with Gasteiger partial charge in [-0.1, -0.05) is 25.1 Å². The molecule has 0 bridgehead atoms. The van der Waals surface area contributed by atoms with Crippen LogP contribution in [-0.4, -0.2) is 24.9 Å². The molecule has 5 heteroatoms. The Hall–Kier alpha value is -2.14. The number of hydrogen-bond donors (Lipinski definition) is 1. The normalized spacial score (nSPS) is 17.3. The second kappa shape index (κ2) is 7.62. The molecule has 1 aromatic carbocycles. The molecule has 126 valence electrons. The molecule has 2 heterocycles. The minimum atomic E-state index is -0.258. The van der Waals surface area contributed by atoms with Crippen LogP contribution in [0, 0.1) is 5.92 Å². The lowest BCUT2D eigenvalue weighted by Gasteiger charge is -2.17. The molecule has 0 aliphatic carbocycles. The molecule has 0 saturated carbocycles. The highest BCUT2D eigenvalue weighted by Gasteiger charge is 2.34. The predicted molar refractivity (Wildman–Crippen MR) is 97.3 cm³/mol. The summed E-state index contributed by atoms with van der Waals surface area (Å²) in [4.78, 5) is 27.5. The lowest BCUT2D eigenvalue weighted by molar-refractivity contribution is -0.126. The third-order valence-corrected chi connectivity index (χ3v) is 5.34. The van der Waals surface area contributed by atoms with Gasteiger partial charge in [-0.25, -0.2) is 0 Å². The highest BCUT2D eigenvalue weighted by Crippen LogP contribution is 2.25. The number of amides is 2. The highest BCUT2D eigenvalue weighted by atomic mass is 32.1. The second-order valence-electron chi connectivity index (χ2n) is 6.05. The van der Waals surface area contributed by atoms with Crippen LogP contribution >= 0.6 is 11.3 Å². The third-order valence-electron chi connectivity index (χ3n) is 4.40. The summed E-state index contributed by atoms with van der Waals surface area (Å²) in [6.07, 6.45) is 2.11. The number of nitrogens with one attached hydrogen (secondary N) is 1. The molecule has 1 aliphatic heterocycles. The van der Waals surface area contributed by atoms with Crippen molar-refractivity contribution >= 4 is 28.8 Å². The molecule has 24 heavy (non-hydrogen) atoms. The van der Waals surface area contributed by atoms with Gasteiger partial charge in [0.25, 0.3) is 0 Å². The molecule has 0 unspecified atom stereocenters. The molecule has 3 rings (SSSR count). The molecule has 1 atom stereocenters. The fourth-order valence-electron chi connectivity index (χ4n) is 2.95. The van der Waals surface area contributed by atoms with Gasteiger partial charge in [0.05, 0.1) is 5.92 Å².